The first-order chi connectivity index (χ1) is 7.50. The molecule has 0 aliphatic rings. The molecule has 0 aromatic carbocycles. The SMILES string of the molecule is CC(=O)[C@@H](C)n1cc(C)c2nnc(C)cc21. The molecule has 16 heavy (non-hydrogen) atoms. The quantitative estimate of drug-likeness (QED) is 0.774. The van der Waals surface area contributed by atoms with Gasteiger partial charge in [-0.25, -0.2) is 0 Å². The fraction of sp³-hybridized carbons (Fsp3) is 0.417. The third-order valence-electron chi connectivity index (χ3n) is 2.89. The second-order valence-corrected chi connectivity index (χ2v) is 4.23. The highest BCUT2D eigenvalue weighted by Crippen LogP contribution is 2.22. The Balaban J connectivity index is 2.70. The molecule has 0 saturated heterocycles. The van der Waals surface area contributed by atoms with Gasteiger partial charge in [-0.05, 0) is 39.3 Å². The van der Waals surface area contributed by atoms with Crippen LogP contribution in [0.25, 0.3) is 11.0 Å². The van der Waals surface area contributed by atoms with Crippen LogP contribution < -0.4 is 0 Å². The number of rotatable bonds is 2. The van der Waals surface area contributed by atoms with Crippen LogP contribution in [0.5, 0.6) is 0 Å². The van der Waals surface area contributed by atoms with E-state index in [4.69, 9.17) is 0 Å². The lowest BCUT2D eigenvalue weighted by molar-refractivity contribution is -0.119. The van der Waals surface area contributed by atoms with Crippen LogP contribution in [0.15, 0.2) is 12.3 Å². The molecular weight excluding hydrogens is 202 g/mol. The molecule has 2 heterocycles. The average molecular weight is 217 g/mol. The van der Waals surface area contributed by atoms with Gasteiger partial charge in [-0.2, -0.15) is 5.10 Å². The lowest BCUT2D eigenvalue weighted by Crippen LogP contribution is -2.12. The number of ketones is 1. The molecule has 4 heteroatoms. The number of aromatic nitrogens is 3. The summed E-state index contributed by atoms with van der Waals surface area (Å²) in [5.74, 6) is 0.145. The van der Waals surface area contributed by atoms with Gasteiger partial charge in [0.15, 0.2) is 5.78 Å². The highest BCUT2D eigenvalue weighted by Gasteiger charge is 2.15. The Morgan fingerprint density at radius 2 is 2.06 bits per heavy atom. The van der Waals surface area contributed by atoms with Crippen molar-refractivity contribution in [1.82, 2.24) is 14.8 Å². The van der Waals surface area contributed by atoms with Crippen LogP contribution >= 0.6 is 0 Å². The molecule has 0 amide bonds. The lowest BCUT2D eigenvalue weighted by Gasteiger charge is -2.11. The van der Waals surface area contributed by atoms with Crippen LogP contribution in [0.4, 0.5) is 0 Å². The third kappa shape index (κ3) is 1.60. The van der Waals surface area contributed by atoms with Crippen molar-refractivity contribution in [3.63, 3.8) is 0 Å². The number of hydrogen-bond acceptors (Lipinski definition) is 3. The van der Waals surface area contributed by atoms with Crippen LogP contribution in [0.2, 0.25) is 0 Å². The van der Waals surface area contributed by atoms with Gasteiger partial charge in [0.1, 0.15) is 5.52 Å². The molecule has 2 rings (SSSR count). The largest absolute Gasteiger partial charge is 0.336 e. The first-order valence-corrected chi connectivity index (χ1v) is 5.32. The molecule has 0 unspecified atom stereocenters. The van der Waals surface area contributed by atoms with E-state index < -0.39 is 0 Å². The van der Waals surface area contributed by atoms with Gasteiger partial charge < -0.3 is 4.57 Å². The second kappa shape index (κ2) is 3.70. The van der Waals surface area contributed by atoms with E-state index in [1.54, 1.807) is 6.92 Å². The van der Waals surface area contributed by atoms with Crippen LogP contribution in [-0.4, -0.2) is 20.5 Å². The van der Waals surface area contributed by atoms with E-state index in [0.717, 1.165) is 22.3 Å². The van der Waals surface area contributed by atoms with Crippen LogP contribution in [0.3, 0.4) is 0 Å². The van der Waals surface area contributed by atoms with E-state index in [2.05, 4.69) is 10.2 Å². The number of hydrogen-bond donors (Lipinski definition) is 0. The Morgan fingerprint density at radius 3 is 2.69 bits per heavy atom. The van der Waals surface area contributed by atoms with Crippen LogP contribution in [0.1, 0.15) is 31.1 Å². The van der Waals surface area contributed by atoms with E-state index in [0.29, 0.717) is 0 Å². The number of Topliss-reactive ketones (excluding diaryl/α,β-unsaturated/α-hetero) is 1. The van der Waals surface area contributed by atoms with Gasteiger partial charge in [0.25, 0.3) is 0 Å². The Bertz CT molecular complexity index is 557. The molecule has 1 atom stereocenters. The van der Waals surface area contributed by atoms with Crippen molar-refractivity contribution in [3.05, 3.63) is 23.5 Å². The summed E-state index contributed by atoms with van der Waals surface area (Å²) in [5, 5.41) is 8.20. The number of carbonyl (C=O) groups is 1. The second-order valence-electron chi connectivity index (χ2n) is 4.23. The summed E-state index contributed by atoms with van der Waals surface area (Å²) < 4.78 is 1.97. The zero-order valence-electron chi connectivity index (χ0n) is 9.98. The van der Waals surface area contributed by atoms with E-state index in [-0.39, 0.29) is 11.8 Å². The van der Waals surface area contributed by atoms with E-state index >= 15 is 0 Å². The predicted molar refractivity (Wildman–Crippen MR) is 62.4 cm³/mol. The minimum atomic E-state index is -0.153. The van der Waals surface area contributed by atoms with Crippen molar-refractivity contribution >= 4 is 16.8 Å². The smallest absolute Gasteiger partial charge is 0.152 e. The maximum atomic E-state index is 11.4. The zero-order chi connectivity index (χ0) is 11.9. The summed E-state index contributed by atoms with van der Waals surface area (Å²) in [6, 6.07) is 1.81. The van der Waals surface area contributed by atoms with Crippen molar-refractivity contribution in [3.8, 4) is 0 Å². The normalized spacial score (nSPS) is 13.0. The minimum Gasteiger partial charge on any atom is -0.336 e. The Hall–Kier alpha value is -1.71. The average Bonchev–Trinajstić information content (AvgIpc) is 2.54. The van der Waals surface area contributed by atoms with Gasteiger partial charge in [-0.15, -0.1) is 5.10 Å². The summed E-state index contributed by atoms with van der Waals surface area (Å²) in [6.45, 7) is 7.39. The maximum Gasteiger partial charge on any atom is 0.152 e. The summed E-state index contributed by atoms with van der Waals surface area (Å²) in [6.07, 6.45) is 1.96. The van der Waals surface area contributed by atoms with Crippen molar-refractivity contribution in [1.29, 1.82) is 0 Å². The molecule has 2 aromatic heterocycles. The first kappa shape index (κ1) is 10.8. The minimum absolute atomic E-state index is 0.145. The molecule has 0 bridgehead atoms. The molecule has 0 aliphatic carbocycles. The van der Waals surface area contributed by atoms with Crippen LogP contribution in [-0.2, 0) is 4.79 Å². The fourth-order valence-electron chi connectivity index (χ4n) is 1.81. The maximum absolute atomic E-state index is 11.4. The highest BCUT2D eigenvalue weighted by atomic mass is 16.1. The molecule has 0 N–H and O–H groups in total. The van der Waals surface area contributed by atoms with Gasteiger partial charge in [0, 0.05) is 6.20 Å². The molecule has 0 radical (unpaired) electrons. The number of nitrogens with zero attached hydrogens (tertiary/aromatic N) is 3. The van der Waals surface area contributed by atoms with E-state index in [1.807, 2.05) is 37.6 Å². The monoisotopic (exact) mass is 217 g/mol. The van der Waals surface area contributed by atoms with Crippen molar-refractivity contribution < 1.29 is 4.79 Å². The van der Waals surface area contributed by atoms with Crippen LogP contribution in [0, 0.1) is 13.8 Å². The summed E-state index contributed by atoms with van der Waals surface area (Å²) in [7, 11) is 0. The number of aryl methyl sites for hydroxylation is 2. The molecule has 0 aliphatic heterocycles. The summed E-state index contributed by atoms with van der Waals surface area (Å²) in [5.41, 5.74) is 3.77. The lowest BCUT2D eigenvalue weighted by atomic mass is 10.2. The van der Waals surface area contributed by atoms with Gasteiger partial charge in [-0.1, -0.05) is 0 Å². The van der Waals surface area contributed by atoms with Gasteiger partial charge >= 0.3 is 0 Å². The third-order valence-corrected chi connectivity index (χ3v) is 2.89. The molecular formula is C12H15N3O. The van der Waals surface area contributed by atoms with Gasteiger partial charge in [-0.3, -0.25) is 4.79 Å². The molecule has 4 nitrogen and oxygen atoms in total. The predicted octanol–water partition coefficient (Wildman–Crippen LogP) is 2.20. The molecule has 84 valence electrons. The highest BCUT2D eigenvalue weighted by molar-refractivity contribution is 5.85. The van der Waals surface area contributed by atoms with E-state index in [1.165, 1.54) is 0 Å². The van der Waals surface area contributed by atoms with Crippen molar-refractivity contribution in [2.45, 2.75) is 33.7 Å². The van der Waals surface area contributed by atoms with Gasteiger partial charge in [0.05, 0.1) is 17.3 Å². The standard InChI is InChI=1S/C12H15N3O/c1-7-6-15(9(3)10(4)16)11-5-8(2)13-14-12(7)11/h5-6,9H,1-4H3/t9-/m1/s1. The van der Waals surface area contributed by atoms with E-state index in [9.17, 15) is 4.79 Å². The number of carbonyl (C=O) groups excluding carboxylic acids is 1. The summed E-state index contributed by atoms with van der Waals surface area (Å²) >= 11 is 0. The molecule has 2 aromatic rings. The van der Waals surface area contributed by atoms with Gasteiger partial charge in [0.2, 0.25) is 0 Å². The van der Waals surface area contributed by atoms with Crippen molar-refractivity contribution in [2.24, 2.45) is 0 Å². The molecule has 0 spiro atoms. The Kier molecular flexibility index (Phi) is 2.50. The Morgan fingerprint density at radius 1 is 1.38 bits per heavy atom. The number of fused-ring (bicyclic) bond motifs is 1. The summed E-state index contributed by atoms with van der Waals surface area (Å²) in [4.78, 5) is 11.4. The Labute approximate surface area is 94.3 Å². The van der Waals surface area contributed by atoms with Crippen molar-refractivity contribution in [2.75, 3.05) is 0 Å². The molecule has 0 fully saturated rings. The fourth-order valence-corrected chi connectivity index (χ4v) is 1.81. The first-order valence-electron chi connectivity index (χ1n) is 5.32. The zero-order valence-corrected chi connectivity index (χ0v) is 9.98. The molecule has 0 saturated carbocycles. The topological polar surface area (TPSA) is 47.8 Å².